The lowest BCUT2D eigenvalue weighted by Gasteiger charge is -2.36. The van der Waals surface area contributed by atoms with Crippen LogP contribution in [-0.2, 0) is 4.79 Å². The molecule has 3 N–H and O–H groups in total. The SMILES string of the molecule is O=C(O)CC1CSCCN1C(=O)NC1CCCCCC1O. The molecule has 1 aliphatic heterocycles. The van der Waals surface area contributed by atoms with E-state index in [2.05, 4.69) is 5.32 Å². The number of hydrogen-bond donors (Lipinski definition) is 3. The summed E-state index contributed by atoms with van der Waals surface area (Å²) in [5.74, 6) is 0.610. The van der Waals surface area contributed by atoms with E-state index in [0.717, 1.165) is 37.9 Å². The molecule has 2 rings (SSSR count). The maximum absolute atomic E-state index is 12.4. The summed E-state index contributed by atoms with van der Waals surface area (Å²) in [4.78, 5) is 25.0. The van der Waals surface area contributed by atoms with Crippen LogP contribution in [0.15, 0.2) is 0 Å². The van der Waals surface area contributed by atoms with E-state index in [9.17, 15) is 14.7 Å². The third-order valence-electron chi connectivity index (χ3n) is 4.19. The third-order valence-corrected chi connectivity index (χ3v) is 5.28. The second-order valence-electron chi connectivity index (χ2n) is 5.78. The molecule has 3 unspecified atom stereocenters. The largest absolute Gasteiger partial charge is 0.481 e. The molecule has 2 amide bonds. The van der Waals surface area contributed by atoms with Crippen molar-refractivity contribution in [3.8, 4) is 0 Å². The Morgan fingerprint density at radius 3 is 2.76 bits per heavy atom. The maximum atomic E-state index is 12.4. The van der Waals surface area contributed by atoms with E-state index >= 15 is 0 Å². The smallest absolute Gasteiger partial charge is 0.318 e. The lowest BCUT2D eigenvalue weighted by molar-refractivity contribution is -0.138. The van der Waals surface area contributed by atoms with E-state index in [0.29, 0.717) is 12.3 Å². The number of aliphatic hydroxyl groups excluding tert-OH is 1. The van der Waals surface area contributed by atoms with Crippen molar-refractivity contribution in [3.63, 3.8) is 0 Å². The predicted molar refractivity (Wildman–Crippen MR) is 81.5 cm³/mol. The van der Waals surface area contributed by atoms with Crippen molar-refractivity contribution >= 4 is 23.8 Å². The van der Waals surface area contributed by atoms with Gasteiger partial charge in [-0.3, -0.25) is 4.79 Å². The first-order chi connectivity index (χ1) is 10.1. The van der Waals surface area contributed by atoms with Crippen molar-refractivity contribution in [2.45, 2.75) is 56.7 Å². The van der Waals surface area contributed by atoms with Gasteiger partial charge in [0, 0.05) is 18.1 Å². The Morgan fingerprint density at radius 1 is 1.24 bits per heavy atom. The van der Waals surface area contributed by atoms with Gasteiger partial charge in [-0.2, -0.15) is 11.8 Å². The molecule has 120 valence electrons. The molecule has 21 heavy (non-hydrogen) atoms. The number of rotatable bonds is 3. The Bertz CT molecular complexity index is 380. The topological polar surface area (TPSA) is 89.9 Å². The van der Waals surface area contributed by atoms with E-state index in [1.54, 1.807) is 16.7 Å². The fraction of sp³-hybridized carbons (Fsp3) is 0.857. The van der Waals surface area contributed by atoms with Crippen molar-refractivity contribution in [3.05, 3.63) is 0 Å². The summed E-state index contributed by atoms with van der Waals surface area (Å²) in [6, 6.07) is -0.697. The number of thioether (sulfide) groups is 1. The zero-order valence-corrected chi connectivity index (χ0v) is 13.0. The molecular formula is C14H24N2O4S. The van der Waals surface area contributed by atoms with Gasteiger partial charge < -0.3 is 20.4 Å². The fourth-order valence-corrected chi connectivity index (χ4v) is 4.05. The number of hydrogen-bond acceptors (Lipinski definition) is 4. The van der Waals surface area contributed by atoms with Crippen LogP contribution in [0.25, 0.3) is 0 Å². The molecule has 1 aliphatic carbocycles. The van der Waals surface area contributed by atoms with Crippen molar-refractivity contribution in [2.24, 2.45) is 0 Å². The molecule has 0 radical (unpaired) electrons. The Morgan fingerprint density at radius 2 is 2.00 bits per heavy atom. The number of carbonyl (C=O) groups is 2. The van der Waals surface area contributed by atoms with Gasteiger partial charge in [-0.25, -0.2) is 4.79 Å². The number of nitrogens with zero attached hydrogens (tertiary/aromatic N) is 1. The van der Waals surface area contributed by atoms with E-state index in [1.165, 1.54) is 0 Å². The summed E-state index contributed by atoms with van der Waals surface area (Å²) < 4.78 is 0. The first kappa shape index (κ1) is 16.4. The van der Waals surface area contributed by atoms with Gasteiger partial charge in [0.05, 0.1) is 24.6 Å². The van der Waals surface area contributed by atoms with Crippen molar-refractivity contribution in [2.75, 3.05) is 18.1 Å². The van der Waals surface area contributed by atoms with Gasteiger partial charge in [0.15, 0.2) is 0 Å². The monoisotopic (exact) mass is 316 g/mol. The molecule has 0 aromatic rings. The maximum Gasteiger partial charge on any atom is 0.318 e. The fourth-order valence-electron chi connectivity index (χ4n) is 2.99. The second-order valence-corrected chi connectivity index (χ2v) is 6.93. The minimum absolute atomic E-state index is 0.0202. The zero-order chi connectivity index (χ0) is 15.2. The average Bonchev–Trinajstić information content (AvgIpc) is 2.64. The van der Waals surface area contributed by atoms with Gasteiger partial charge in [0.25, 0.3) is 0 Å². The molecule has 0 aromatic heterocycles. The summed E-state index contributed by atoms with van der Waals surface area (Å²) >= 11 is 1.68. The number of urea groups is 1. The lowest BCUT2D eigenvalue weighted by atomic mass is 10.1. The molecule has 0 bridgehead atoms. The molecule has 1 saturated carbocycles. The van der Waals surface area contributed by atoms with Gasteiger partial charge >= 0.3 is 12.0 Å². The van der Waals surface area contributed by atoms with Crippen LogP contribution in [0.2, 0.25) is 0 Å². The summed E-state index contributed by atoms with van der Waals surface area (Å²) in [7, 11) is 0. The molecule has 7 heteroatoms. The van der Waals surface area contributed by atoms with Crippen LogP contribution in [0, 0.1) is 0 Å². The summed E-state index contributed by atoms with van der Waals surface area (Å²) in [5, 5.41) is 22.0. The third kappa shape index (κ3) is 4.78. The quantitative estimate of drug-likeness (QED) is 0.683. The number of carboxylic acids is 1. The van der Waals surface area contributed by atoms with E-state index in [4.69, 9.17) is 5.11 Å². The van der Waals surface area contributed by atoms with Gasteiger partial charge in [-0.15, -0.1) is 0 Å². The first-order valence-electron chi connectivity index (χ1n) is 7.62. The Balaban J connectivity index is 1.94. The molecule has 1 saturated heterocycles. The Kier molecular flexibility index (Phi) is 6.17. The summed E-state index contributed by atoms with van der Waals surface area (Å²) in [5.41, 5.74) is 0. The zero-order valence-electron chi connectivity index (χ0n) is 12.2. The predicted octanol–water partition coefficient (Wildman–Crippen LogP) is 1.28. The first-order valence-corrected chi connectivity index (χ1v) is 8.78. The highest BCUT2D eigenvalue weighted by Gasteiger charge is 2.31. The molecule has 0 aromatic carbocycles. The van der Waals surface area contributed by atoms with Gasteiger partial charge in [0.1, 0.15) is 0 Å². The highest BCUT2D eigenvalue weighted by molar-refractivity contribution is 7.99. The second kappa shape index (κ2) is 7.89. The molecule has 2 fully saturated rings. The number of carbonyl (C=O) groups excluding carboxylic acids is 1. The van der Waals surface area contributed by atoms with Crippen molar-refractivity contribution in [1.29, 1.82) is 0 Å². The normalized spacial score (nSPS) is 30.5. The number of aliphatic hydroxyl groups is 1. The molecule has 2 aliphatic rings. The van der Waals surface area contributed by atoms with Gasteiger partial charge in [-0.1, -0.05) is 19.3 Å². The van der Waals surface area contributed by atoms with Crippen LogP contribution in [-0.4, -0.2) is 63.4 Å². The van der Waals surface area contributed by atoms with Crippen LogP contribution < -0.4 is 5.32 Å². The van der Waals surface area contributed by atoms with E-state index in [-0.39, 0.29) is 24.5 Å². The van der Waals surface area contributed by atoms with Crippen LogP contribution in [0.3, 0.4) is 0 Å². The standard InChI is InChI=1S/C14H24N2O4S/c17-12-5-3-1-2-4-11(12)15-14(20)16-6-7-21-9-10(16)8-13(18)19/h10-12,17H,1-9H2,(H,15,20)(H,18,19). The average molecular weight is 316 g/mol. The van der Waals surface area contributed by atoms with Crippen LogP contribution in [0.4, 0.5) is 4.79 Å². The number of aliphatic carboxylic acids is 1. The van der Waals surface area contributed by atoms with E-state index in [1.807, 2.05) is 0 Å². The van der Waals surface area contributed by atoms with Crippen LogP contribution in [0.1, 0.15) is 38.5 Å². The minimum atomic E-state index is -0.880. The molecule has 0 spiro atoms. The van der Waals surface area contributed by atoms with Crippen LogP contribution in [0.5, 0.6) is 0 Å². The van der Waals surface area contributed by atoms with Crippen LogP contribution >= 0.6 is 11.8 Å². The number of nitrogens with one attached hydrogen (secondary N) is 1. The van der Waals surface area contributed by atoms with Gasteiger partial charge in [0.2, 0.25) is 0 Å². The van der Waals surface area contributed by atoms with Crippen molar-refractivity contribution in [1.82, 2.24) is 10.2 Å². The number of carboxylic acid groups (broad SMARTS) is 1. The van der Waals surface area contributed by atoms with Gasteiger partial charge in [-0.05, 0) is 12.8 Å². The van der Waals surface area contributed by atoms with E-state index < -0.39 is 12.1 Å². The molecule has 6 nitrogen and oxygen atoms in total. The molecule has 1 heterocycles. The van der Waals surface area contributed by atoms with Crippen molar-refractivity contribution < 1.29 is 19.8 Å². The lowest BCUT2D eigenvalue weighted by Crippen LogP contribution is -2.55. The Hall–Kier alpha value is -0.950. The highest BCUT2D eigenvalue weighted by Crippen LogP contribution is 2.21. The summed E-state index contributed by atoms with van der Waals surface area (Å²) in [6.07, 6.45) is 4.09. The number of amides is 2. The molecule has 3 atom stereocenters. The highest BCUT2D eigenvalue weighted by atomic mass is 32.2. The minimum Gasteiger partial charge on any atom is -0.481 e. The molecular weight excluding hydrogens is 292 g/mol. The Labute approximate surface area is 129 Å². The summed E-state index contributed by atoms with van der Waals surface area (Å²) in [6.45, 7) is 0.567.